The normalized spacial score (nSPS) is 17.6. The van der Waals surface area contributed by atoms with Gasteiger partial charge in [-0.1, -0.05) is 18.2 Å². The molecule has 24 heavy (non-hydrogen) atoms. The van der Waals surface area contributed by atoms with Crippen LogP contribution < -0.4 is 0 Å². The number of hydrogen-bond donors (Lipinski definition) is 0. The number of amides is 2. The van der Waals surface area contributed by atoms with Crippen LogP contribution in [0.25, 0.3) is 0 Å². The van der Waals surface area contributed by atoms with E-state index in [9.17, 15) is 9.59 Å². The highest BCUT2D eigenvalue weighted by Gasteiger charge is 2.35. The zero-order chi connectivity index (χ0) is 17.5. The summed E-state index contributed by atoms with van der Waals surface area (Å²) in [6, 6.07) is 10.2. The second-order valence-electron chi connectivity index (χ2n) is 6.47. The predicted octanol–water partition coefficient (Wildman–Crippen LogP) is 1.65. The highest BCUT2D eigenvalue weighted by atomic mass is 32.2. The molecule has 0 radical (unpaired) electrons. The van der Waals surface area contributed by atoms with Crippen LogP contribution in [0.15, 0.2) is 35.2 Å². The molecular weight excluding hydrogens is 322 g/mol. The number of likely N-dealkylation sites (N-methyl/N-ethyl adjacent to an activating group) is 1. The summed E-state index contributed by atoms with van der Waals surface area (Å²) in [6.07, 6.45) is 0.350. The number of likely N-dealkylation sites (tertiary alicyclic amines) is 1. The van der Waals surface area contributed by atoms with Crippen LogP contribution in [-0.4, -0.2) is 79.6 Å². The van der Waals surface area contributed by atoms with Gasteiger partial charge in [-0.25, -0.2) is 0 Å². The van der Waals surface area contributed by atoms with Crippen LogP contribution >= 0.6 is 11.8 Å². The van der Waals surface area contributed by atoms with Gasteiger partial charge in [0, 0.05) is 50.3 Å². The minimum Gasteiger partial charge on any atom is -0.345 e. The Morgan fingerprint density at radius 2 is 1.92 bits per heavy atom. The highest BCUT2D eigenvalue weighted by molar-refractivity contribution is 7.99. The summed E-state index contributed by atoms with van der Waals surface area (Å²) in [7, 11) is 5.81. The molecule has 0 saturated carbocycles. The van der Waals surface area contributed by atoms with E-state index in [4.69, 9.17) is 0 Å². The van der Waals surface area contributed by atoms with Gasteiger partial charge in [0.25, 0.3) is 0 Å². The first-order valence-electron chi connectivity index (χ1n) is 8.32. The number of nitrogens with zero attached hydrogens (tertiary/aromatic N) is 3. The Balaban J connectivity index is 1.75. The lowest BCUT2D eigenvalue weighted by Crippen LogP contribution is -2.37. The van der Waals surface area contributed by atoms with Crippen molar-refractivity contribution in [1.82, 2.24) is 14.7 Å². The lowest BCUT2D eigenvalue weighted by molar-refractivity contribution is -0.134. The number of thioether (sulfide) groups is 1. The lowest BCUT2D eigenvalue weighted by atomic mass is 10.1. The molecule has 2 rings (SSSR count). The van der Waals surface area contributed by atoms with Crippen molar-refractivity contribution in [2.45, 2.75) is 11.3 Å². The maximum atomic E-state index is 12.5. The molecule has 0 aliphatic carbocycles. The summed E-state index contributed by atoms with van der Waals surface area (Å²) in [5.41, 5.74) is 0. The van der Waals surface area contributed by atoms with E-state index in [0.717, 1.165) is 12.3 Å². The van der Waals surface area contributed by atoms with Gasteiger partial charge in [-0.3, -0.25) is 9.59 Å². The maximum Gasteiger partial charge on any atom is 0.227 e. The van der Waals surface area contributed by atoms with Crippen molar-refractivity contribution in [2.75, 3.05) is 53.1 Å². The molecule has 5 nitrogen and oxygen atoms in total. The Hall–Kier alpha value is -1.53. The van der Waals surface area contributed by atoms with E-state index in [1.807, 2.05) is 44.2 Å². The molecule has 1 aromatic rings. The van der Waals surface area contributed by atoms with E-state index in [0.29, 0.717) is 26.1 Å². The molecule has 1 atom stereocenters. The zero-order valence-corrected chi connectivity index (χ0v) is 15.6. The Kier molecular flexibility index (Phi) is 7.12. The van der Waals surface area contributed by atoms with E-state index >= 15 is 0 Å². The maximum absolute atomic E-state index is 12.5. The smallest absolute Gasteiger partial charge is 0.227 e. The second-order valence-corrected chi connectivity index (χ2v) is 7.63. The molecule has 1 fully saturated rings. The molecule has 0 N–H and O–H groups in total. The predicted molar refractivity (Wildman–Crippen MR) is 98.0 cm³/mol. The van der Waals surface area contributed by atoms with Crippen molar-refractivity contribution in [2.24, 2.45) is 5.92 Å². The van der Waals surface area contributed by atoms with Gasteiger partial charge in [0.1, 0.15) is 0 Å². The average molecular weight is 350 g/mol. The van der Waals surface area contributed by atoms with Crippen LogP contribution in [0.2, 0.25) is 0 Å². The molecule has 1 aliphatic heterocycles. The monoisotopic (exact) mass is 349 g/mol. The third-order valence-corrected chi connectivity index (χ3v) is 5.19. The zero-order valence-electron chi connectivity index (χ0n) is 14.8. The van der Waals surface area contributed by atoms with Gasteiger partial charge >= 0.3 is 0 Å². The van der Waals surface area contributed by atoms with Crippen molar-refractivity contribution >= 4 is 23.6 Å². The molecule has 1 aliphatic rings. The molecule has 0 aromatic heterocycles. The highest BCUT2D eigenvalue weighted by Crippen LogP contribution is 2.21. The van der Waals surface area contributed by atoms with Crippen molar-refractivity contribution in [3.05, 3.63) is 30.3 Å². The summed E-state index contributed by atoms with van der Waals surface area (Å²) < 4.78 is 0. The standard InChI is InChI=1S/C18H27N3O2S/c1-19(2)9-10-21-14-15(13-17(21)22)18(23)20(3)11-12-24-16-7-5-4-6-8-16/h4-8,15H,9-14H2,1-3H3/t15-/m0/s1. The number of carbonyl (C=O) groups excluding carboxylic acids is 2. The van der Waals surface area contributed by atoms with Crippen molar-refractivity contribution in [3.8, 4) is 0 Å². The van der Waals surface area contributed by atoms with Crippen molar-refractivity contribution < 1.29 is 9.59 Å². The molecule has 0 spiro atoms. The third-order valence-electron chi connectivity index (χ3n) is 4.20. The van der Waals surface area contributed by atoms with Gasteiger partial charge in [-0.2, -0.15) is 0 Å². The van der Waals surface area contributed by atoms with Crippen LogP contribution in [-0.2, 0) is 9.59 Å². The van der Waals surface area contributed by atoms with Crippen LogP contribution in [0, 0.1) is 5.92 Å². The number of benzene rings is 1. The van der Waals surface area contributed by atoms with Crippen molar-refractivity contribution in [3.63, 3.8) is 0 Å². The first-order valence-corrected chi connectivity index (χ1v) is 9.31. The van der Waals surface area contributed by atoms with E-state index in [-0.39, 0.29) is 17.7 Å². The molecular formula is C18H27N3O2S. The van der Waals surface area contributed by atoms with Crippen LogP contribution in [0.1, 0.15) is 6.42 Å². The minimum absolute atomic E-state index is 0.0874. The Labute approximate surface area is 149 Å². The number of rotatable bonds is 8. The summed E-state index contributed by atoms with van der Waals surface area (Å²) in [6.45, 7) is 2.78. The SMILES string of the molecule is CN(C)CCN1C[C@@H](C(=O)N(C)CCSc2ccccc2)CC1=O. The molecule has 0 unspecified atom stereocenters. The fraction of sp³-hybridized carbons (Fsp3) is 0.556. The largest absolute Gasteiger partial charge is 0.345 e. The lowest BCUT2D eigenvalue weighted by Gasteiger charge is -2.22. The Bertz CT molecular complexity index is 550. The van der Waals surface area contributed by atoms with E-state index in [1.165, 1.54) is 4.90 Å². The topological polar surface area (TPSA) is 43.9 Å². The fourth-order valence-electron chi connectivity index (χ4n) is 2.71. The third kappa shape index (κ3) is 5.53. The molecule has 0 bridgehead atoms. The molecule has 1 aromatic carbocycles. The number of hydrogen-bond acceptors (Lipinski definition) is 4. The minimum atomic E-state index is -0.189. The van der Waals surface area contributed by atoms with E-state index in [2.05, 4.69) is 17.0 Å². The molecule has 1 heterocycles. The van der Waals surface area contributed by atoms with Gasteiger partial charge in [-0.05, 0) is 26.2 Å². The first kappa shape index (κ1) is 18.8. The molecule has 132 valence electrons. The van der Waals surface area contributed by atoms with Gasteiger partial charge in [0.05, 0.1) is 5.92 Å². The van der Waals surface area contributed by atoms with Gasteiger partial charge in [-0.15, -0.1) is 11.8 Å². The number of carbonyl (C=O) groups is 2. The second kappa shape index (κ2) is 9.08. The van der Waals surface area contributed by atoms with E-state index < -0.39 is 0 Å². The Morgan fingerprint density at radius 3 is 2.58 bits per heavy atom. The molecule has 2 amide bonds. The first-order chi connectivity index (χ1) is 11.5. The molecule has 6 heteroatoms. The van der Waals surface area contributed by atoms with Gasteiger partial charge in [0.2, 0.25) is 11.8 Å². The quantitative estimate of drug-likeness (QED) is 0.670. The summed E-state index contributed by atoms with van der Waals surface area (Å²) in [5.74, 6) is 0.857. The summed E-state index contributed by atoms with van der Waals surface area (Å²) >= 11 is 1.74. The van der Waals surface area contributed by atoms with Crippen molar-refractivity contribution in [1.29, 1.82) is 0 Å². The van der Waals surface area contributed by atoms with Crippen LogP contribution in [0.3, 0.4) is 0 Å². The van der Waals surface area contributed by atoms with E-state index in [1.54, 1.807) is 16.7 Å². The van der Waals surface area contributed by atoms with Gasteiger partial charge in [0.15, 0.2) is 0 Å². The fourth-order valence-corrected chi connectivity index (χ4v) is 3.66. The molecule has 1 saturated heterocycles. The van der Waals surface area contributed by atoms with Gasteiger partial charge < -0.3 is 14.7 Å². The summed E-state index contributed by atoms with van der Waals surface area (Å²) in [4.78, 5) is 31.4. The summed E-state index contributed by atoms with van der Waals surface area (Å²) in [5, 5.41) is 0. The van der Waals surface area contributed by atoms with Crippen LogP contribution in [0.4, 0.5) is 0 Å². The Morgan fingerprint density at radius 1 is 1.21 bits per heavy atom. The van der Waals surface area contributed by atoms with Crippen LogP contribution in [0.5, 0.6) is 0 Å². The average Bonchev–Trinajstić information content (AvgIpc) is 2.94.